The van der Waals surface area contributed by atoms with Gasteiger partial charge in [0.15, 0.2) is 0 Å². The van der Waals surface area contributed by atoms with E-state index in [-0.39, 0.29) is 24.3 Å². The van der Waals surface area contributed by atoms with Gasteiger partial charge >= 0.3 is 0 Å². The van der Waals surface area contributed by atoms with Gasteiger partial charge in [0.1, 0.15) is 5.82 Å². The highest BCUT2D eigenvalue weighted by Gasteiger charge is 2.19. The van der Waals surface area contributed by atoms with Gasteiger partial charge in [-0.2, -0.15) is 0 Å². The molecule has 1 aromatic rings. The molecule has 1 amide bonds. The van der Waals surface area contributed by atoms with Crippen molar-refractivity contribution in [2.45, 2.75) is 19.9 Å². The van der Waals surface area contributed by atoms with Crippen molar-refractivity contribution < 1.29 is 9.18 Å². The first-order valence-electron chi connectivity index (χ1n) is 5.38. The Morgan fingerprint density at radius 1 is 1.53 bits per heavy atom. The second-order valence-electron chi connectivity index (χ2n) is 4.23. The number of rotatable bonds is 5. The SMILES string of the molecule is CC(C)[C@@H](NCC(N)=O)c1ccc(Cl)cc1F. The van der Waals surface area contributed by atoms with Crippen molar-refractivity contribution in [3.63, 3.8) is 0 Å². The molecule has 0 aromatic heterocycles. The number of nitrogens with two attached hydrogens (primary N) is 1. The number of hydrogen-bond donors (Lipinski definition) is 2. The van der Waals surface area contributed by atoms with Crippen molar-refractivity contribution in [2.24, 2.45) is 11.7 Å². The number of nitrogens with one attached hydrogen (secondary N) is 1. The summed E-state index contributed by atoms with van der Waals surface area (Å²) >= 11 is 5.69. The van der Waals surface area contributed by atoms with E-state index in [1.807, 2.05) is 13.8 Å². The normalized spacial score (nSPS) is 12.8. The van der Waals surface area contributed by atoms with Crippen LogP contribution in [-0.4, -0.2) is 12.5 Å². The lowest BCUT2D eigenvalue weighted by Gasteiger charge is -2.22. The molecule has 17 heavy (non-hydrogen) atoms. The molecular formula is C12H16ClFN2O. The second-order valence-corrected chi connectivity index (χ2v) is 4.67. The van der Waals surface area contributed by atoms with Crippen LogP contribution in [0, 0.1) is 11.7 Å². The molecule has 0 saturated heterocycles. The molecule has 1 rings (SSSR count). The van der Waals surface area contributed by atoms with Crippen LogP contribution in [0.2, 0.25) is 5.02 Å². The van der Waals surface area contributed by atoms with E-state index in [9.17, 15) is 9.18 Å². The molecule has 0 heterocycles. The molecule has 3 N–H and O–H groups in total. The standard InChI is InChI=1S/C12H16ClFN2O/c1-7(2)12(16-6-11(15)17)9-4-3-8(13)5-10(9)14/h3-5,7,12,16H,6H2,1-2H3,(H2,15,17)/t12-/m1/s1. The van der Waals surface area contributed by atoms with Crippen molar-refractivity contribution >= 4 is 17.5 Å². The average Bonchev–Trinajstić information content (AvgIpc) is 2.20. The van der Waals surface area contributed by atoms with E-state index < -0.39 is 5.91 Å². The third-order valence-electron chi connectivity index (χ3n) is 2.46. The predicted octanol–water partition coefficient (Wildman–Crippen LogP) is 2.25. The average molecular weight is 259 g/mol. The number of carbonyl (C=O) groups is 1. The number of benzene rings is 1. The van der Waals surface area contributed by atoms with Gasteiger partial charge < -0.3 is 11.1 Å². The van der Waals surface area contributed by atoms with Gasteiger partial charge in [0.2, 0.25) is 5.91 Å². The molecule has 0 spiro atoms. The van der Waals surface area contributed by atoms with Crippen molar-refractivity contribution in [1.82, 2.24) is 5.32 Å². The summed E-state index contributed by atoms with van der Waals surface area (Å²) in [6.45, 7) is 3.89. The summed E-state index contributed by atoms with van der Waals surface area (Å²) < 4.78 is 13.7. The summed E-state index contributed by atoms with van der Waals surface area (Å²) in [5, 5.41) is 3.29. The fourth-order valence-corrected chi connectivity index (χ4v) is 1.83. The van der Waals surface area contributed by atoms with Crippen LogP contribution in [0.4, 0.5) is 4.39 Å². The van der Waals surface area contributed by atoms with Crippen LogP contribution in [-0.2, 0) is 4.79 Å². The molecule has 0 bridgehead atoms. The van der Waals surface area contributed by atoms with Crippen LogP contribution in [0.1, 0.15) is 25.5 Å². The monoisotopic (exact) mass is 258 g/mol. The molecule has 0 fully saturated rings. The Labute approximate surface area is 105 Å². The summed E-state index contributed by atoms with van der Waals surface area (Å²) in [5.41, 5.74) is 5.56. The molecule has 1 atom stereocenters. The molecule has 0 aliphatic carbocycles. The highest BCUT2D eigenvalue weighted by molar-refractivity contribution is 6.30. The van der Waals surface area contributed by atoms with E-state index in [0.29, 0.717) is 10.6 Å². The Kier molecular flexibility index (Phi) is 4.90. The number of carbonyl (C=O) groups excluding carboxylic acids is 1. The molecule has 5 heteroatoms. The third kappa shape index (κ3) is 3.98. The minimum atomic E-state index is -0.468. The minimum absolute atomic E-state index is 0.0188. The van der Waals surface area contributed by atoms with Gasteiger partial charge in [0.25, 0.3) is 0 Å². The maximum Gasteiger partial charge on any atom is 0.231 e. The zero-order valence-corrected chi connectivity index (χ0v) is 10.6. The lowest BCUT2D eigenvalue weighted by Crippen LogP contribution is -2.34. The smallest absolute Gasteiger partial charge is 0.231 e. The Balaban J connectivity index is 2.93. The molecular weight excluding hydrogens is 243 g/mol. The fraction of sp³-hybridized carbons (Fsp3) is 0.417. The fourth-order valence-electron chi connectivity index (χ4n) is 1.67. The highest BCUT2D eigenvalue weighted by atomic mass is 35.5. The van der Waals surface area contributed by atoms with Crippen LogP contribution in [0.25, 0.3) is 0 Å². The molecule has 0 radical (unpaired) electrons. The largest absolute Gasteiger partial charge is 0.369 e. The van der Waals surface area contributed by atoms with Crippen LogP contribution in [0.3, 0.4) is 0 Å². The molecule has 0 aliphatic heterocycles. The summed E-state index contributed by atoms with van der Waals surface area (Å²) in [5.74, 6) is -0.719. The summed E-state index contributed by atoms with van der Waals surface area (Å²) in [6, 6.07) is 4.25. The van der Waals surface area contributed by atoms with Gasteiger partial charge in [-0.15, -0.1) is 0 Å². The van der Waals surface area contributed by atoms with Crippen LogP contribution >= 0.6 is 11.6 Å². The van der Waals surface area contributed by atoms with Gasteiger partial charge in [-0.25, -0.2) is 4.39 Å². The quantitative estimate of drug-likeness (QED) is 0.851. The zero-order valence-electron chi connectivity index (χ0n) is 9.84. The molecule has 1 aromatic carbocycles. The summed E-state index contributed by atoms with van der Waals surface area (Å²) in [6.07, 6.45) is 0. The van der Waals surface area contributed by atoms with Crippen LogP contribution < -0.4 is 11.1 Å². The maximum atomic E-state index is 13.7. The van der Waals surface area contributed by atoms with Crippen molar-refractivity contribution in [3.8, 4) is 0 Å². The molecule has 0 aliphatic rings. The predicted molar refractivity (Wildman–Crippen MR) is 66.2 cm³/mol. The van der Waals surface area contributed by atoms with Gasteiger partial charge in [0, 0.05) is 16.6 Å². The number of halogens is 2. The Hall–Kier alpha value is -1.13. The topological polar surface area (TPSA) is 55.1 Å². The van der Waals surface area contributed by atoms with Crippen molar-refractivity contribution in [2.75, 3.05) is 6.54 Å². The van der Waals surface area contributed by atoms with E-state index >= 15 is 0 Å². The first-order chi connectivity index (χ1) is 7.91. The number of amides is 1. The molecule has 0 saturated carbocycles. The van der Waals surface area contributed by atoms with E-state index in [1.165, 1.54) is 6.07 Å². The summed E-state index contributed by atoms with van der Waals surface area (Å²) in [4.78, 5) is 10.7. The lowest BCUT2D eigenvalue weighted by molar-refractivity contribution is -0.117. The van der Waals surface area contributed by atoms with E-state index in [0.717, 1.165) is 0 Å². The van der Waals surface area contributed by atoms with Crippen LogP contribution in [0.5, 0.6) is 0 Å². The Bertz CT molecular complexity index is 409. The second kappa shape index (κ2) is 5.98. The summed E-state index contributed by atoms with van der Waals surface area (Å²) in [7, 11) is 0. The van der Waals surface area contributed by atoms with Crippen molar-refractivity contribution in [3.05, 3.63) is 34.6 Å². The van der Waals surface area contributed by atoms with Gasteiger partial charge in [-0.3, -0.25) is 4.79 Å². The number of primary amides is 1. The van der Waals surface area contributed by atoms with E-state index in [1.54, 1.807) is 12.1 Å². The third-order valence-corrected chi connectivity index (χ3v) is 2.70. The number of hydrogen-bond acceptors (Lipinski definition) is 2. The minimum Gasteiger partial charge on any atom is -0.369 e. The van der Waals surface area contributed by atoms with Crippen LogP contribution in [0.15, 0.2) is 18.2 Å². The van der Waals surface area contributed by atoms with Gasteiger partial charge in [-0.1, -0.05) is 31.5 Å². The van der Waals surface area contributed by atoms with E-state index in [4.69, 9.17) is 17.3 Å². The first-order valence-corrected chi connectivity index (χ1v) is 5.76. The zero-order chi connectivity index (χ0) is 13.0. The highest BCUT2D eigenvalue weighted by Crippen LogP contribution is 2.26. The molecule has 0 unspecified atom stereocenters. The lowest BCUT2D eigenvalue weighted by atomic mass is 9.95. The van der Waals surface area contributed by atoms with Crippen molar-refractivity contribution in [1.29, 1.82) is 0 Å². The molecule has 3 nitrogen and oxygen atoms in total. The first kappa shape index (κ1) is 13.9. The van der Waals surface area contributed by atoms with Gasteiger partial charge in [0.05, 0.1) is 6.54 Å². The maximum absolute atomic E-state index is 13.7. The Morgan fingerprint density at radius 2 is 2.18 bits per heavy atom. The van der Waals surface area contributed by atoms with Gasteiger partial charge in [-0.05, 0) is 18.1 Å². The van der Waals surface area contributed by atoms with E-state index in [2.05, 4.69) is 5.32 Å². The Morgan fingerprint density at radius 3 is 2.65 bits per heavy atom. The molecule has 94 valence electrons.